The van der Waals surface area contributed by atoms with Crippen LogP contribution in [0.3, 0.4) is 0 Å². The van der Waals surface area contributed by atoms with Gasteiger partial charge in [0.1, 0.15) is 0 Å². The van der Waals surface area contributed by atoms with Gasteiger partial charge in [-0.2, -0.15) is 0 Å². The van der Waals surface area contributed by atoms with Crippen LogP contribution in [-0.2, 0) is 9.47 Å². The molecule has 1 atom stereocenters. The van der Waals surface area contributed by atoms with Gasteiger partial charge in [-0.3, -0.25) is 0 Å². The fraction of sp³-hybridized carbons (Fsp3) is 1.00. The lowest BCUT2D eigenvalue weighted by molar-refractivity contribution is 0.0646. The summed E-state index contributed by atoms with van der Waals surface area (Å²) in [5.41, 5.74) is 0. The van der Waals surface area contributed by atoms with Gasteiger partial charge in [0.15, 0.2) is 0 Å². The van der Waals surface area contributed by atoms with Crippen LogP contribution in [0.25, 0.3) is 0 Å². The number of methoxy groups -OCH3 is 1. The summed E-state index contributed by atoms with van der Waals surface area (Å²) in [4.78, 5) is 0. The largest absolute Gasteiger partial charge is 0.382 e. The van der Waals surface area contributed by atoms with Crippen LogP contribution in [-0.4, -0.2) is 40.0 Å². The third kappa shape index (κ3) is 9.80. The number of rotatable bonds is 9. The molecule has 0 heterocycles. The fourth-order valence-electron chi connectivity index (χ4n) is 1.02. The molecule has 0 aliphatic heterocycles. The molecule has 1 unspecified atom stereocenters. The molecular weight excluding hydrogens is 166 g/mol. The zero-order valence-electron chi connectivity index (χ0n) is 9.14. The third-order valence-corrected chi connectivity index (χ3v) is 1.93. The summed E-state index contributed by atoms with van der Waals surface area (Å²) in [6.07, 6.45) is 1.12. The van der Waals surface area contributed by atoms with Gasteiger partial charge in [0, 0.05) is 13.7 Å². The van der Waals surface area contributed by atoms with E-state index in [2.05, 4.69) is 19.2 Å². The zero-order valence-corrected chi connectivity index (χ0v) is 9.14. The fourth-order valence-corrected chi connectivity index (χ4v) is 1.02. The summed E-state index contributed by atoms with van der Waals surface area (Å²) < 4.78 is 10.2. The molecule has 0 spiro atoms. The van der Waals surface area contributed by atoms with Gasteiger partial charge in [0.25, 0.3) is 0 Å². The third-order valence-electron chi connectivity index (χ3n) is 1.93. The summed E-state index contributed by atoms with van der Waals surface area (Å²) in [6, 6.07) is 0. The quantitative estimate of drug-likeness (QED) is 0.554. The zero-order chi connectivity index (χ0) is 9.94. The van der Waals surface area contributed by atoms with Gasteiger partial charge >= 0.3 is 0 Å². The van der Waals surface area contributed by atoms with Crippen LogP contribution < -0.4 is 5.32 Å². The summed E-state index contributed by atoms with van der Waals surface area (Å²) in [6.45, 7) is 8.76. The Balaban J connectivity index is 3.03. The Kier molecular flexibility index (Phi) is 9.87. The van der Waals surface area contributed by atoms with Gasteiger partial charge in [-0.05, 0) is 25.4 Å². The van der Waals surface area contributed by atoms with Crippen molar-refractivity contribution in [3.8, 4) is 0 Å². The molecule has 0 aromatic rings. The first-order valence-electron chi connectivity index (χ1n) is 5.08. The second kappa shape index (κ2) is 9.96. The van der Waals surface area contributed by atoms with Crippen molar-refractivity contribution < 1.29 is 9.47 Å². The van der Waals surface area contributed by atoms with Crippen molar-refractivity contribution in [2.45, 2.75) is 20.3 Å². The average Bonchev–Trinajstić information content (AvgIpc) is 2.14. The lowest BCUT2D eigenvalue weighted by atomic mass is 10.1. The highest BCUT2D eigenvalue weighted by atomic mass is 16.5. The van der Waals surface area contributed by atoms with Gasteiger partial charge in [-0.15, -0.1) is 0 Å². The highest BCUT2D eigenvalue weighted by Crippen LogP contribution is 1.99. The Labute approximate surface area is 81.8 Å². The standard InChI is InChI=1S/C10H23NO2/c1-4-11-9-10(2)5-6-13-8-7-12-3/h10-11H,4-9H2,1-3H3. The highest BCUT2D eigenvalue weighted by Gasteiger charge is 2.00. The lowest BCUT2D eigenvalue weighted by Gasteiger charge is -2.11. The van der Waals surface area contributed by atoms with Crippen molar-refractivity contribution in [1.82, 2.24) is 5.32 Å². The topological polar surface area (TPSA) is 30.5 Å². The first-order valence-corrected chi connectivity index (χ1v) is 5.08. The van der Waals surface area contributed by atoms with Crippen molar-refractivity contribution >= 4 is 0 Å². The van der Waals surface area contributed by atoms with Crippen molar-refractivity contribution in [3.63, 3.8) is 0 Å². The van der Waals surface area contributed by atoms with E-state index in [0.29, 0.717) is 19.1 Å². The second-order valence-electron chi connectivity index (χ2n) is 3.31. The molecule has 0 bridgehead atoms. The lowest BCUT2D eigenvalue weighted by Crippen LogP contribution is -2.21. The molecule has 0 radical (unpaired) electrons. The van der Waals surface area contributed by atoms with E-state index >= 15 is 0 Å². The van der Waals surface area contributed by atoms with E-state index in [9.17, 15) is 0 Å². The Morgan fingerprint density at radius 3 is 2.62 bits per heavy atom. The summed E-state index contributed by atoms with van der Waals surface area (Å²) in [5, 5.41) is 3.32. The first kappa shape index (κ1) is 12.9. The van der Waals surface area contributed by atoms with Gasteiger partial charge < -0.3 is 14.8 Å². The first-order chi connectivity index (χ1) is 6.31. The summed E-state index contributed by atoms with van der Waals surface area (Å²) in [5.74, 6) is 0.697. The van der Waals surface area contributed by atoms with E-state index < -0.39 is 0 Å². The molecule has 3 nitrogen and oxygen atoms in total. The molecule has 0 fully saturated rings. The highest BCUT2D eigenvalue weighted by molar-refractivity contribution is 4.55. The maximum absolute atomic E-state index is 5.37. The molecular formula is C10H23NO2. The molecule has 0 saturated heterocycles. The predicted octanol–water partition coefficient (Wildman–Crippen LogP) is 1.29. The van der Waals surface area contributed by atoms with Gasteiger partial charge in [0.2, 0.25) is 0 Å². The van der Waals surface area contributed by atoms with E-state index in [4.69, 9.17) is 9.47 Å². The van der Waals surface area contributed by atoms with Crippen LogP contribution in [0.5, 0.6) is 0 Å². The molecule has 1 N–H and O–H groups in total. The van der Waals surface area contributed by atoms with E-state index in [1.165, 1.54) is 0 Å². The van der Waals surface area contributed by atoms with E-state index in [1.54, 1.807) is 7.11 Å². The number of hydrogen-bond acceptors (Lipinski definition) is 3. The van der Waals surface area contributed by atoms with Crippen LogP contribution in [0, 0.1) is 5.92 Å². The molecule has 0 aromatic heterocycles. The van der Waals surface area contributed by atoms with Crippen LogP contribution in [0.1, 0.15) is 20.3 Å². The van der Waals surface area contributed by atoms with Gasteiger partial charge in [0.05, 0.1) is 13.2 Å². The van der Waals surface area contributed by atoms with Crippen molar-refractivity contribution in [2.75, 3.05) is 40.0 Å². The molecule has 80 valence electrons. The smallest absolute Gasteiger partial charge is 0.0700 e. The molecule has 0 aromatic carbocycles. The Morgan fingerprint density at radius 2 is 2.00 bits per heavy atom. The van der Waals surface area contributed by atoms with Crippen LogP contribution >= 0.6 is 0 Å². The summed E-state index contributed by atoms with van der Waals surface area (Å²) in [7, 11) is 1.69. The second-order valence-corrected chi connectivity index (χ2v) is 3.31. The van der Waals surface area contributed by atoms with E-state index in [0.717, 1.165) is 26.1 Å². The Bertz CT molecular complexity index is 98.9. The molecule has 3 heteroatoms. The summed E-state index contributed by atoms with van der Waals surface area (Å²) >= 11 is 0. The molecule has 0 saturated carbocycles. The number of ether oxygens (including phenoxy) is 2. The Morgan fingerprint density at radius 1 is 1.23 bits per heavy atom. The Hall–Kier alpha value is -0.120. The molecule has 13 heavy (non-hydrogen) atoms. The average molecular weight is 189 g/mol. The maximum Gasteiger partial charge on any atom is 0.0700 e. The van der Waals surface area contributed by atoms with Crippen molar-refractivity contribution in [3.05, 3.63) is 0 Å². The SMILES string of the molecule is CCNCC(C)CCOCCOC. The number of hydrogen-bond donors (Lipinski definition) is 1. The normalized spacial score (nSPS) is 13.2. The van der Waals surface area contributed by atoms with Crippen LogP contribution in [0.2, 0.25) is 0 Å². The predicted molar refractivity (Wildman–Crippen MR) is 55.0 cm³/mol. The minimum atomic E-state index is 0.696. The van der Waals surface area contributed by atoms with E-state index in [-0.39, 0.29) is 0 Å². The molecule has 0 amide bonds. The van der Waals surface area contributed by atoms with Gasteiger partial charge in [-0.25, -0.2) is 0 Å². The van der Waals surface area contributed by atoms with Gasteiger partial charge in [-0.1, -0.05) is 13.8 Å². The molecule has 0 aliphatic carbocycles. The van der Waals surface area contributed by atoms with Crippen LogP contribution in [0.4, 0.5) is 0 Å². The monoisotopic (exact) mass is 189 g/mol. The van der Waals surface area contributed by atoms with Crippen molar-refractivity contribution in [2.24, 2.45) is 5.92 Å². The molecule has 0 rings (SSSR count). The van der Waals surface area contributed by atoms with E-state index in [1.807, 2.05) is 0 Å². The number of nitrogens with one attached hydrogen (secondary N) is 1. The molecule has 0 aliphatic rings. The minimum absolute atomic E-state index is 0.696. The maximum atomic E-state index is 5.37. The van der Waals surface area contributed by atoms with Crippen LogP contribution in [0.15, 0.2) is 0 Å². The minimum Gasteiger partial charge on any atom is -0.382 e. The van der Waals surface area contributed by atoms with Crippen molar-refractivity contribution in [1.29, 1.82) is 0 Å².